The molecule has 1 aromatic heterocycles. The quantitative estimate of drug-likeness (QED) is 0.152. The third kappa shape index (κ3) is 5.80. The van der Waals surface area contributed by atoms with Gasteiger partial charge >= 0.3 is 0 Å². The van der Waals surface area contributed by atoms with E-state index in [0.717, 1.165) is 42.7 Å². The van der Waals surface area contributed by atoms with Crippen molar-refractivity contribution in [3.63, 3.8) is 0 Å². The first-order valence-electron chi connectivity index (χ1n) is 21.9. The number of hydrogen-bond donors (Lipinski definition) is 0. The summed E-state index contributed by atoms with van der Waals surface area (Å²) in [5, 5.41) is 2.49. The molecule has 10 aromatic rings. The highest BCUT2D eigenvalue weighted by molar-refractivity contribution is 6.10. The van der Waals surface area contributed by atoms with Gasteiger partial charge in [-0.05, 0) is 144 Å². The fourth-order valence-corrected chi connectivity index (χ4v) is 10.9. The van der Waals surface area contributed by atoms with Crippen molar-refractivity contribution in [1.82, 2.24) is 4.57 Å². The Morgan fingerprint density at radius 3 is 1.48 bits per heavy atom. The number of benzene rings is 9. The first-order valence-corrected chi connectivity index (χ1v) is 21.9. The highest BCUT2D eigenvalue weighted by atomic mass is 15.2. The molecule has 62 heavy (non-hydrogen) atoms. The molecular weight excluding hydrogens is 751 g/mol. The van der Waals surface area contributed by atoms with Crippen molar-refractivity contribution in [2.75, 3.05) is 9.80 Å². The van der Waals surface area contributed by atoms with Crippen molar-refractivity contribution >= 4 is 55.9 Å². The van der Waals surface area contributed by atoms with E-state index in [0.29, 0.717) is 0 Å². The lowest BCUT2D eigenvalue weighted by atomic mass is 9.74. The average molecular weight is 796 g/mol. The van der Waals surface area contributed by atoms with E-state index in [1.54, 1.807) is 0 Å². The van der Waals surface area contributed by atoms with Crippen LogP contribution in [0.4, 0.5) is 34.1 Å². The van der Waals surface area contributed by atoms with E-state index in [-0.39, 0.29) is 5.41 Å². The molecule has 0 saturated carbocycles. The van der Waals surface area contributed by atoms with Gasteiger partial charge in [0.2, 0.25) is 0 Å². The fraction of sp³-hybridized carbons (Fsp3) is 0.0847. The van der Waals surface area contributed by atoms with Gasteiger partial charge in [-0.15, -0.1) is 0 Å². The number of aromatic nitrogens is 1. The maximum absolute atomic E-state index is 2.57. The van der Waals surface area contributed by atoms with Crippen LogP contribution in [-0.2, 0) is 18.3 Å². The lowest BCUT2D eigenvalue weighted by Gasteiger charge is -2.37. The second kappa shape index (κ2) is 14.8. The molecule has 2 aliphatic rings. The molecule has 3 nitrogen and oxygen atoms in total. The molecule has 0 N–H and O–H groups in total. The summed E-state index contributed by atoms with van der Waals surface area (Å²) >= 11 is 0. The Bertz CT molecular complexity index is 3200. The lowest BCUT2D eigenvalue weighted by Crippen LogP contribution is -2.27. The third-order valence-corrected chi connectivity index (χ3v) is 13.5. The van der Waals surface area contributed by atoms with Crippen molar-refractivity contribution in [3.05, 3.63) is 247 Å². The highest BCUT2D eigenvalue weighted by Gasteiger charge is 2.49. The number of hydrogen-bond acceptors (Lipinski definition) is 2. The molecule has 0 saturated heterocycles. The SMILES string of the molecule is c1ccc(-c2cccc(N(c3ccc4c(c3)c3ccccc3n4-c3ccccc3)c3cccc4c3[C@]3(CCc5cccc(N(c6ccccc6)c6ccccc6)c53)CC4)c2)cc1. The summed E-state index contributed by atoms with van der Waals surface area (Å²) in [5.41, 5.74) is 18.8. The van der Waals surface area contributed by atoms with E-state index in [9.17, 15) is 0 Å². The van der Waals surface area contributed by atoms with Gasteiger partial charge in [-0.25, -0.2) is 0 Å². The van der Waals surface area contributed by atoms with Gasteiger partial charge in [0.15, 0.2) is 0 Å². The molecule has 0 unspecified atom stereocenters. The van der Waals surface area contributed by atoms with Crippen molar-refractivity contribution in [2.45, 2.75) is 31.1 Å². The van der Waals surface area contributed by atoms with E-state index in [2.05, 4.69) is 239 Å². The first kappa shape index (κ1) is 36.2. The maximum atomic E-state index is 2.57. The maximum Gasteiger partial charge on any atom is 0.0542 e. The van der Waals surface area contributed by atoms with Gasteiger partial charge < -0.3 is 14.4 Å². The summed E-state index contributed by atoms with van der Waals surface area (Å²) in [4.78, 5) is 5.06. The minimum atomic E-state index is -0.178. The van der Waals surface area contributed by atoms with E-state index in [4.69, 9.17) is 0 Å². The average Bonchev–Trinajstić information content (AvgIpc) is 4.03. The Morgan fingerprint density at radius 1 is 0.355 bits per heavy atom. The highest BCUT2D eigenvalue weighted by Crippen LogP contribution is 2.60. The topological polar surface area (TPSA) is 11.4 Å². The van der Waals surface area contributed by atoms with Crippen LogP contribution >= 0.6 is 0 Å². The zero-order valence-electron chi connectivity index (χ0n) is 34.5. The molecule has 0 aliphatic heterocycles. The largest absolute Gasteiger partial charge is 0.310 e. The van der Waals surface area contributed by atoms with Gasteiger partial charge in [0, 0.05) is 44.6 Å². The normalized spacial score (nSPS) is 15.2. The molecule has 0 amide bonds. The predicted octanol–water partition coefficient (Wildman–Crippen LogP) is 15.6. The van der Waals surface area contributed by atoms with Gasteiger partial charge in [-0.1, -0.05) is 140 Å². The smallest absolute Gasteiger partial charge is 0.0542 e. The summed E-state index contributed by atoms with van der Waals surface area (Å²) in [6.45, 7) is 0. The van der Waals surface area contributed by atoms with Crippen LogP contribution in [0.3, 0.4) is 0 Å². The van der Waals surface area contributed by atoms with Gasteiger partial charge in [0.1, 0.15) is 0 Å². The third-order valence-electron chi connectivity index (χ3n) is 13.5. The van der Waals surface area contributed by atoms with E-state index >= 15 is 0 Å². The Labute approximate surface area is 363 Å². The molecule has 0 fully saturated rings. The number of nitrogens with zero attached hydrogens (tertiary/aromatic N) is 3. The molecule has 1 heterocycles. The standard InChI is InChI=1S/C59H45N3/c1-5-18-42(19-6-1)45-22-15-29-49(40-45)61(50-34-35-54-52(41-50)51-30-13-14-31-53(51)62(54)48-27-11-4-12-28-48)56-33-17-21-44-37-39-59(58(44)56)38-36-43-20-16-32-55(57(43)59)60(46-23-7-2-8-24-46)47-25-9-3-10-26-47/h1-35,40-41H,36-39H2/t59-/m1/s1. The molecule has 3 heteroatoms. The minimum absolute atomic E-state index is 0.178. The lowest BCUT2D eigenvalue weighted by molar-refractivity contribution is 0.508. The molecule has 0 radical (unpaired) electrons. The molecular formula is C59H45N3. The number of aryl methyl sites for hydroxylation is 2. The number of anilines is 6. The molecule has 1 spiro atoms. The summed E-state index contributed by atoms with van der Waals surface area (Å²) in [6, 6.07) is 82.6. The van der Waals surface area contributed by atoms with Gasteiger partial charge in [0.25, 0.3) is 0 Å². The Hall–Kier alpha value is -7.62. The molecule has 9 aromatic carbocycles. The summed E-state index contributed by atoms with van der Waals surface area (Å²) in [6.07, 6.45) is 4.22. The molecule has 296 valence electrons. The van der Waals surface area contributed by atoms with Crippen LogP contribution in [0.2, 0.25) is 0 Å². The minimum Gasteiger partial charge on any atom is -0.310 e. The monoisotopic (exact) mass is 795 g/mol. The van der Waals surface area contributed by atoms with Crippen LogP contribution < -0.4 is 9.80 Å². The van der Waals surface area contributed by atoms with Gasteiger partial charge in [0.05, 0.1) is 22.4 Å². The van der Waals surface area contributed by atoms with Crippen LogP contribution in [0.5, 0.6) is 0 Å². The van der Waals surface area contributed by atoms with E-state index in [1.807, 2.05) is 0 Å². The second-order valence-electron chi connectivity index (χ2n) is 16.9. The zero-order chi connectivity index (χ0) is 41.0. The second-order valence-corrected chi connectivity index (χ2v) is 16.9. The molecule has 1 atom stereocenters. The first-order chi connectivity index (χ1) is 30.7. The summed E-state index contributed by atoms with van der Waals surface area (Å²) < 4.78 is 2.41. The Balaban J connectivity index is 1.10. The van der Waals surface area contributed by atoms with Crippen LogP contribution in [0.1, 0.15) is 35.1 Å². The van der Waals surface area contributed by atoms with Crippen molar-refractivity contribution in [2.24, 2.45) is 0 Å². The Morgan fingerprint density at radius 2 is 0.839 bits per heavy atom. The number of rotatable bonds is 8. The molecule has 0 bridgehead atoms. The van der Waals surface area contributed by atoms with E-state index < -0.39 is 0 Å². The number of fused-ring (bicyclic) bond motifs is 7. The van der Waals surface area contributed by atoms with Gasteiger partial charge in [-0.3, -0.25) is 0 Å². The Kier molecular flexibility index (Phi) is 8.67. The molecule has 12 rings (SSSR count). The van der Waals surface area contributed by atoms with Crippen LogP contribution in [0.15, 0.2) is 224 Å². The van der Waals surface area contributed by atoms with Crippen molar-refractivity contribution in [3.8, 4) is 16.8 Å². The fourth-order valence-electron chi connectivity index (χ4n) is 10.9. The summed E-state index contributed by atoms with van der Waals surface area (Å²) in [5.74, 6) is 0. The predicted molar refractivity (Wildman–Crippen MR) is 259 cm³/mol. The van der Waals surface area contributed by atoms with Crippen LogP contribution in [0, 0.1) is 0 Å². The van der Waals surface area contributed by atoms with Crippen molar-refractivity contribution in [1.29, 1.82) is 0 Å². The zero-order valence-corrected chi connectivity index (χ0v) is 34.5. The van der Waals surface area contributed by atoms with E-state index in [1.165, 1.54) is 77.9 Å². The molecule has 2 aliphatic carbocycles. The summed E-state index contributed by atoms with van der Waals surface area (Å²) in [7, 11) is 0. The van der Waals surface area contributed by atoms with Crippen molar-refractivity contribution < 1.29 is 0 Å². The van der Waals surface area contributed by atoms with Crippen LogP contribution in [-0.4, -0.2) is 4.57 Å². The van der Waals surface area contributed by atoms with Gasteiger partial charge in [-0.2, -0.15) is 0 Å². The number of para-hydroxylation sites is 4. The van der Waals surface area contributed by atoms with Crippen LogP contribution in [0.25, 0.3) is 38.6 Å².